The Morgan fingerprint density at radius 3 is 2.76 bits per heavy atom. The minimum atomic E-state index is -0.205. The van der Waals surface area contributed by atoms with Crippen LogP contribution >= 0.6 is 11.6 Å². The van der Waals surface area contributed by atoms with Gasteiger partial charge in [0.05, 0.1) is 17.9 Å². The summed E-state index contributed by atoms with van der Waals surface area (Å²) in [6.45, 7) is 3.79. The second-order valence-electron chi connectivity index (χ2n) is 4.94. The zero-order valence-electron chi connectivity index (χ0n) is 12.0. The van der Waals surface area contributed by atoms with Crippen molar-refractivity contribution in [1.29, 1.82) is 0 Å². The van der Waals surface area contributed by atoms with Crippen LogP contribution in [-0.4, -0.2) is 20.9 Å². The van der Waals surface area contributed by atoms with Crippen LogP contribution < -0.4 is 11.1 Å². The Labute approximate surface area is 128 Å². The standard InChI is InChI=1S/C14H18ClN5O/c1-9(16)13-7-20(19-18-13)8-14(21)17-10(2)11-5-3-4-6-12(11)15/h3-7,9-10H,8,16H2,1-2H3,(H,17,21). The molecule has 1 heterocycles. The number of nitrogens with one attached hydrogen (secondary N) is 1. The Morgan fingerprint density at radius 2 is 2.14 bits per heavy atom. The van der Waals surface area contributed by atoms with Crippen LogP contribution in [0, 0.1) is 0 Å². The normalized spacial score (nSPS) is 13.7. The Kier molecular flexibility index (Phi) is 4.93. The first-order valence-corrected chi connectivity index (χ1v) is 7.04. The molecule has 1 aromatic heterocycles. The summed E-state index contributed by atoms with van der Waals surface area (Å²) in [4.78, 5) is 12.0. The van der Waals surface area contributed by atoms with Crippen LogP contribution in [0.1, 0.15) is 37.2 Å². The Bertz CT molecular complexity index is 625. The molecule has 0 aliphatic carbocycles. The van der Waals surface area contributed by atoms with E-state index in [9.17, 15) is 4.79 Å². The Hall–Kier alpha value is -1.92. The van der Waals surface area contributed by atoms with E-state index in [0.717, 1.165) is 5.56 Å². The molecule has 0 bridgehead atoms. The first kappa shape index (κ1) is 15.5. The van der Waals surface area contributed by atoms with Crippen LogP contribution in [0.3, 0.4) is 0 Å². The summed E-state index contributed by atoms with van der Waals surface area (Å²) in [6, 6.07) is 7.04. The summed E-state index contributed by atoms with van der Waals surface area (Å²) in [5, 5.41) is 11.3. The van der Waals surface area contributed by atoms with Crippen molar-refractivity contribution in [2.24, 2.45) is 5.73 Å². The molecule has 1 aromatic carbocycles. The molecule has 0 aliphatic rings. The van der Waals surface area contributed by atoms with E-state index >= 15 is 0 Å². The molecule has 2 aromatic rings. The monoisotopic (exact) mass is 307 g/mol. The van der Waals surface area contributed by atoms with Gasteiger partial charge in [-0.25, -0.2) is 4.68 Å². The van der Waals surface area contributed by atoms with Crippen molar-refractivity contribution in [3.63, 3.8) is 0 Å². The fourth-order valence-electron chi connectivity index (χ4n) is 1.94. The van der Waals surface area contributed by atoms with E-state index in [2.05, 4.69) is 15.6 Å². The lowest BCUT2D eigenvalue weighted by Gasteiger charge is -2.15. The molecule has 112 valence electrons. The van der Waals surface area contributed by atoms with Gasteiger partial charge in [0.2, 0.25) is 5.91 Å². The molecule has 7 heteroatoms. The highest BCUT2D eigenvalue weighted by atomic mass is 35.5. The van der Waals surface area contributed by atoms with Crippen LogP contribution in [0.4, 0.5) is 0 Å². The Balaban J connectivity index is 1.96. The maximum absolute atomic E-state index is 12.0. The van der Waals surface area contributed by atoms with E-state index in [4.69, 9.17) is 17.3 Å². The van der Waals surface area contributed by atoms with Gasteiger partial charge < -0.3 is 11.1 Å². The summed E-state index contributed by atoms with van der Waals surface area (Å²) in [5.41, 5.74) is 7.23. The first-order chi connectivity index (χ1) is 9.97. The fourth-order valence-corrected chi connectivity index (χ4v) is 2.24. The minimum absolute atomic E-state index is 0.0918. The minimum Gasteiger partial charge on any atom is -0.348 e. The van der Waals surface area contributed by atoms with Gasteiger partial charge in [0.1, 0.15) is 6.54 Å². The van der Waals surface area contributed by atoms with Gasteiger partial charge in [0, 0.05) is 11.1 Å². The van der Waals surface area contributed by atoms with E-state index in [-0.39, 0.29) is 24.5 Å². The number of hydrogen-bond donors (Lipinski definition) is 2. The highest BCUT2D eigenvalue weighted by Crippen LogP contribution is 2.21. The van der Waals surface area contributed by atoms with E-state index < -0.39 is 0 Å². The molecule has 6 nitrogen and oxygen atoms in total. The molecule has 0 fully saturated rings. The molecule has 0 saturated carbocycles. The van der Waals surface area contributed by atoms with E-state index in [1.807, 2.05) is 32.0 Å². The first-order valence-electron chi connectivity index (χ1n) is 6.66. The zero-order chi connectivity index (χ0) is 15.4. The second kappa shape index (κ2) is 6.69. The summed E-state index contributed by atoms with van der Waals surface area (Å²) in [6.07, 6.45) is 1.67. The maximum atomic E-state index is 12.0. The number of hydrogen-bond acceptors (Lipinski definition) is 4. The average Bonchev–Trinajstić information content (AvgIpc) is 2.87. The molecule has 2 atom stereocenters. The number of carbonyl (C=O) groups excluding carboxylic acids is 1. The highest BCUT2D eigenvalue weighted by molar-refractivity contribution is 6.31. The topological polar surface area (TPSA) is 85.8 Å². The molecule has 2 rings (SSSR count). The second-order valence-corrected chi connectivity index (χ2v) is 5.35. The van der Waals surface area contributed by atoms with Gasteiger partial charge >= 0.3 is 0 Å². The predicted octanol–water partition coefficient (Wildman–Crippen LogP) is 1.83. The third kappa shape index (κ3) is 4.03. The lowest BCUT2D eigenvalue weighted by atomic mass is 10.1. The lowest BCUT2D eigenvalue weighted by Crippen LogP contribution is -2.30. The number of carbonyl (C=O) groups is 1. The van der Waals surface area contributed by atoms with Gasteiger partial charge in [-0.1, -0.05) is 35.0 Å². The van der Waals surface area contributed by atoms with Gasteiger partial charge in [-0.05, 0) is 25.5 Å². The van der Waals surface area contributed by atoms with Gasteiger partial charge in [0.15, 0.2) is 0 Å². The maximum Gasteiger partial charge on any atom is 0.242 e. The van der Waals surface area contributed by atoms with E-state index in [1.54, 1.807) is 12.3 Å². The molecule has 0 spiro atoms. The van der Waals surface area contributed by atoms with E-state index in [1.165, 1.54) is 4.68 Å². The highest BCUT2D eigenvalue weighted by Gasteiger charge is 2.13. The smallest absolute Gasteiger partial charge is 0.242 e. The molecule has 21 heavy (non-hydrogen) atoms. The number of aromatic nitrogens is 3. The molecule has 0 aliphatic heterocycles. The van der Waals surface area contributed by atoms with Crippen molar-refractivity contribution >= 4 is 17.5 Å². The SMILES string of the molecule is CC(N)c1cn(CC(=O)NC(C)c2ccccc2Cl)nn1. The van der Waals surface area contributed by atoms with Crippen LogP contribution in [0.25, 0.3) is 0 Å². The van der Waals surface area contributed by atoms with Crippen molar-refractivity contribution in [2.75, 3.05) is 0 Å². The lowest BCUT2D eigenvalue weighted by molar-refractivity contribution is -0.122. The molecular formula is C14H18ClN5O. The Morgan fingerprint density at radius 1 is 1.43 bits per heavy atom. The summed E-state index contributed by atoms with van der Waals surface area (Å²) < 4.78 is 1.47. The molecule has 0 saturated heterocycles. The summed E-state index contributed by atoms with van der Waals surface area (Å²) in [5.74, 6) is -0.163. The number of rotatable bonds is 5. The van der Waals surface area contributed by atoms with Gasteiger partial charge in [-0.15, -0.1) is 5.10 Å². The van der Waals surface area contributed by atoms with Gasteiger partial charge in [-0.2, -0.15) is 0 Å². The molecule has 1 amide bonds. The van der Waals surface area contributed by atoms with Crippen molar-refractivity contribution in [3.8, 4) is 0 Å². The van der Waals surface area contributed by atoms with Crippen LogP contribution in [0.5, 0.6) is 0 Å². The van der Waals surface area contributed by atoms with Crippen molar-refractivity contribution in [2.45, 2.75) is 32.5 Å². The average molecular weight is 308 g/mol. The van der Waals surface area contributed by atoms with Crippen molar-refractivity contribution < 1.29 is 4.79 Å². The summed E-state index contributed by atoms with van der Waals surface area (Å²) in [7, 11) is 0. The summed E-state index contributed by atoms with van der Waals surface area (Å²) >= 11 is 6.11. The number of nitrogens with zero attached hydrogens (tertiary/aromatic N) is 3. The number of benzene rings is 1. The van der Waals surface area contributed by atoms with Crippen LogP contribution in [0.2, 0.25) is 5.02 Å². The fraction of sp³-hybridized carbons (Fsp3) is 0.357. The third-order valence-corrected chi connectivity index (χ3v) is 3.42. The molecule has 2 unspecified atom stereocenters. The quantitative estimate of drug-likeness (QED) is 0.882. The molecular weight excluding hydrogens is 290 g/mol. The van der Waals surface area contributed by atoms with Crippen LogP contribution in [0.15, 0.2) is 30.5 Å². The van der Waals surface area contributed by atoms with Crippen molar-refractivity contribution in [1.82, 2.24) is 20.3 Å². The van der Waals surface area contributed by atoms with E-state index in [0.29, 0.717) is 10.7 Å². The third-order valence-electron chi connectivity index (χ3n) is 3.08. The van der Waals surface area contributed by atoms with Crippen molar-refractivity contribution in [3.05, 3.63) is 46.7 Å². The molecule has 0 radical (unpaired) electrons. The number of nitrogens with two attached hydrogens (primary N) is 1. The number of halogens is 1. The number of amides is 1. The zero-order valence-corrected chi connectivity index (χ0v) is 12.7. The largest absolute Gasteiger partial charge is 0.348 e. The predicted molar refractivity (Wildman–Crippen MR) is 80.6 cm³/mol. The molecule has 3 N–H and O–H groups in total. The van der Waals surface area contributed by atoms with Crippen LogP contribution in [-0.2, 0) is 11.3 Å². The van der Waals surface area contributed by atoms with Gasteiger partial charge in [-0.3, -0.25) is 4.79 Å². The van der Waals surface area contributed by atoms with Gasteiger partial charge in [0.25, 0.3) is 0 Å².